The Morgan fingerprint density at radius 1 is 1.33 bits per heavy atom. The van der Waals surface area contributed by atoms with Crippen molar-refractivity contribution in [2.75, 3.05) is 32.1 Å². The lowest BCUT2D eigenvalue weighted by molar-refractivity contribution is 0.413. The van der Waals surface area contributed by atoms with Gasteiger partial charge in [-0.1, -0.05) is 26.3 Å². The fraction of sp³-hybridized carbons (Fsp3) is 0.600. The largest absolute Gasteiger partial charge is 0.495 e. The maximum atomic E-state index is 5.78. The molecule has 1 aromatic carbocycles. The molecule has 0 saturated heterocycles. The third kappa shape index (κ3) is 3.64. The third-order valence-corrected chi connectivity index (χ3v) is 3.51. The van der Waals surface area contributed by atoms with Gasteiger partial charge in [-0.25, -0.2) is 0 Å². The molecule has 18 heavy (non-hydrogen) atoms. The monoisotopic (exact) mass is 250 g/mol. The predicted octanol–water partition coefficient (Wildman–Crippen LogP) is 2.68. The highest BCUT2D eigenvalue weighted by molar-refractivity contribution is 5.59. The second-order valence-corrected chi connectivity index (χ2v) is 4.75. The molecule has 0 bridgehead atoms. The Morgan fingerprint density at radius 3 is 2.56 bits per heavy atom. The van der Waals surface area contributed by atoms with Gasteiger partial charge < -0.3 is 15.4 Å². The fourth-order valence-electron chi connectivity index (χ4n) is 2.11. The van der Waals surface area contributed by atoms with Crippen molar-refractivity contribution in [2.24, 2.45) is 11.7 Å². The number of nitrogens with two attached hydrogens (primary N) is 1. The van der Waals surface area contributed by atoms with E-state index < -0.39 is 0 Å². The highest BCUT2D eigenvalue weighted by Crippen LogP contribution is 2.29. The Balaban J connectivity index is 2.91. The molecule has 1 rings (SSSR count). The first-order chi connectivity index (χ1) is 8.65. The van der Waals surface area contributed by atoms with Crippen LogP contribution in [-0.4, -0.2) is 27.2 Å². The summed E-state index contributed by atoms with van der Waals surface area (Å²) in [4.78, 5) is 2.25. The van der Waals surface area contributed by atoms with Gasteiger partial charge in [0.05, 0.1) is 12.8 Å². The van der Waals surface area contributed by atoms with Gasteiger partial charge in [-0.3, -0.25) is 0 Å². The molecule has 0 spiro atoms. The Kier molecular flexibility index (Phi) is 5.99. The van der Waals surface area contributed by atoms with E-state index in [0.29, 0.717) is 5.92 Å². The number of hydrogen-bond acceptors (Lipinski definition) is 3. The van der Waals surface area contributed by atoms with E-state index in [-0.39, 0.29) is 0 Å². The average molecular weight is 250 g/mol. The average Bonchev–Trinajstić information content (AvgIpc) is 2.43. The summed E-state index contributed by atoms with van der Waals surface area (Å²) in [6.07, 6.45) is 2.15. The number of rotatable bonds is 7. The van der Waals surface area contributed by atoms with E-state index in [4.69, 9.17) is 10.5 Å². The number of nitrogens with zero attached hydrogens (tertiary/aromatic N) is 1. The predicted molar refractivity (Wildman–Crippen MR) is 78.5 cm³/mol. The molecular formula is C15H26N2O. The van der Waals surface area contributed by atoms with Crippen LogP contribution in [0, 0.1) is 5.92 Å². The summed E-state index contributed by atoms with van der Waals surface area (Å²) < 4.78 is 5.44. The van der Waals surface area contributed by atoms with Crippen molar-refractivity contribution in [3.05, 3.63) is 23.8 Å². The molecule has 0 aliphatic rings. The first-order valence-corrected chi connectivity index (χ1v) is 6.74. The first kappa shape index (κ1) is 14.8. The lowest BCUT2D eigenvalue weighted by Crippen LogP contribution is -2.30. The molecule has 0 fully saturated rings. The molecule has 1 unspecified atom stereocenters. The molecule has 0 radical (unpaired) electrons. The lowest BCUT2D eigenvalue weighted by Gasteiger charge is -2.26. The van der Waals surface area contributed by atoms with E-state index >= 15 is 0 Å². The minimum Gasteiger partial charge on any atom is -0.495 e. The Hall–Kier alpha value is -1.22. The van der Waals surface area contributed by atoms with Gasteiger partial charge in [0.15, 0.2) is 0 Å². The van der Waals surface area contributed by atoms with Crippen molar-refractivity contribution in [1.82, 2.24) is 0 Å². The molecule has 1 atom stereocenters. The molecular weight excluding hydrogens is 224 g/mol. The van der Waals surface area contributed by atoms with Gasteiger partial charge in [-0.2, -0.15) is 0 Å². The Labute approximate surface area is 111 Å². The molecule has 0 saturated carbocycles. The minimum atomic E-state index is 0.532. The molecule has 3 heteroatoms. The van der Waals surface area contributed by atoms with Gasteiger partial charge >= 0.3 is 0 Å². The summed E-state index contributed by atoms with van der Waals surface area (Å²) in [5.74, 6) is 1.46. The molecule has 0 aliphatic heterocycles. The first-order valence-electron chi connectivity index (χ1n) is 6.74. The summed E-state index contributed by atoms with van der Waals surface area (Å²) in [7, 11) is 3.83. The summed E-state index contributed by atoms with van der Waals surface area (Å²) >= 11 is 0. The summed E-state index contributed by atoms with van der Waals surface area (Å²) in [5.41, 5.74) is 8.27. The van der Waals surface area contributed by atoms with Crippen LogP contribution >= 0.6 is 0 Å². The number of methoxy groups -OCH3 is 1. The fourth-order valence-corrected chi connectivity index (χ4v) is 2.11. The highest BCUT2D eigenvalue weighted by Gasteiger charge is 2.13. The molecule has 2 N–H and O–H groups in total. The molecule has 0 aliphatic carbocycles. The van der Waals surface area contributed by atoms with Crippen LogP contribution in [0.5, 0.6) is 5.75 Å². The topological polar surface area (TPSA) is 38.5 Å². The van der Waals surface area contributed by atoms with Crippen molar-refractivity contribution in [1.29, 1.82) is 0 Å². The van der Waals surface area contributed by atoms with Crippen LogP contribution < -0.4 is 15.4 Å². The van der Waals surface area contributed by atoms with Gasteiger partial charge in [0.1, 0.15) is 5.75 Å². The van der Waals surface area contributed by atoms with Crippen molar-refractivity contribution < 1.29 is 4.74 Å². The zero-order valence-corrected chi connectivity index (χ0v) is 12.1. The molecule has 102 valence electrons. The van der Waals surface area contributed by atoms with Crippen LogP contribution in [0.15, 0.2) is 18.2 Å². The third-order valence-electron chi connectivity index (χ3n) is 3.51. The van der Waals surface area contributed by atoms with Crippen molar-refractivity contribution in [2.45, 2.75) is 26.7 Å². The van der Waals surface area contributed by atoms with E-state index in [1.54, 1.807) is 7.11 Å². The van der Waals surface area contributed by atoms with Crippen LogP contribution in [-0.2, 0) is 6.42 Å². The maximum Gasteiger partial charge on any atom is 0.142 e. The van der Waals surface area contributed by atoms with E-state index in [0.717, 1.165) is 37.4 Å². The van der Waals surface area contributed by atoms with E-state index in [1.807, 2.05) is 6.07 Å². The van der Waals surface area contributed by atoms with E-state index in [2.05, 4.69) is 37.9 Å². The van der Waals surface area contributed by atoms with Crippen LogP contribution in [0.4, 0.5) is 5.69 Å². The molecule has 0 aromatic heterocycles. The van der Waals surface area contributed by atoms with Crippen molar-refractivity contribution in [3.63, 3.8) is 0 Å². The van der Waals surface area contributed by atoms with Gasteiger partial charge in [-0.05, 0) is 36.6 Å². The Bertz CT molecular complexity index is 362. The summed E-state index contributed by atoms with van der Waals surface area (Å²) in [6.45, 7) is 6.05. The maximum absolute atomic E-state index is 5.78. The standard InChI is InChI=1S/C15H26N2O/c1-5-12-7-8-15(18-4)14(9-12)17(3)11-13(6-2)10-16/h7-9,13H,5-6,10-11,16H2,1-4H3. The minimum absolute atomic E-state index is 0.532. The number of ether oxygens (including phenoxy) is 1. The van der Waals surface area contributed by atoms with Gasteiger partial charge in [0.2, 0.25) is 0 Å². The summed E-state index contributed by atoms with van der Waals surface area (Å²) in [6, 6.07) is 6.38. The van der Waals surface area contributed by atoms with Crippen LogP contribution in [0.3, 0.4) is 0 Å². The van der Waals surface area contributed by atoms with E-state index in [9.17, 15) is 0 Å². The number of anilines is 1. The zero-order chi connectivity index (χ0) is 13.5. The molecule has 0 heterocycles. The quantitative estimate of drug-likeness (QED) is 0.808. The van der Waals surface area contributed by atoms with Gasteiger partial charge in [0, 0.05) is 13.6 Å². The van der Waals surface area contributed by atoms with Crippen LogP contribution in [0.25, 0.3) is 0 Å². The van der Waals surface area contributed by atoms with Crippen LogP contribution in [0.2, 0.25) is 0 Å². The SMILES string of the molecule is CCc1ccc(OC)c(N(C)CC(CC)CN)c1. The molecule has 0 amide bonds. The van der Waals surface area contributed by atoms with Gasteiger partial charge in [0.25, 0.3) is 0 Å². The van der Waals surface area contributed by atoms with Gasteiger partial charge in [-0.15, -0.1) is 0 Å². The number of hydrogen-bond donors (Lipinski definition) is 1. The number of benzene rings is 1. The second-order valence-electron chi connectivity index (χ2n) is 4.75. The molecule has 3 nitrogen and oxygen atoms in total. The second kappa shape index (κ2) is 7.27. The smallest absolute Gasteiger partial charge is 0.142 e. The number of aryl methyl sites for hydroxylation is 1. The molecule has 1 aromatic rings. The van der Waals surface area contributed by atoms with E-state index in [1.165, 1.54) is 5.56 Å². The van der Waals surface area contributed by atoms with Crippen molar-refractivity contribution >= 4 is 5.69 Å². The van der Waals surface area contributed by atoms with Crippen molar-refractivity contribution in [3.8, 4) is 5.75 Å². The highest BCUT2D eigenvalue weighted by atomic mass is 16.5. The Morgan fingerprint density at radius 2 is 2.06 bits per heavy atom. The lowest BCUT2D eigenvalue weighted by atomic mass is 10.1. The van der Waals surface area contributed by atoms with Crippen LogP contribution in [0.1, 0.15) is 25.8 Å². The summed E-state index contributed by atoms with van der Waals surface area (Å²) in [5, 5.41) is 0. The zero-order valence-electron chi connectivity index (χ0n) is 12.1. The normalized spacial score (nSPS) is 12.3.